The van der Waals surface area contributed by atoms with Gasteiger partial charge in [0.05, 0.1) is 6.26 Å². The van der Waals surface area contributed by atoms with Crippen LogP contribution in [0.1, 0.15) is 32.4 Å². The van der Waals surface area contributed by atoms with E-state index in [2.05, 4.69) is 19.2 Å². The molecule has 1 N–H and O–H groups in total. The second kappa shape index (κ2) is 5.86. The Labute approximate surface area is 86.7 Å². The normalized spacial score (nSPS) is 15.4. The Kier molecular flexibility index (Phi) is 4.74. The summed E-state index contributed by atoms with van der Waals surface area (Å²) in [5.74, 6) is 1.78. The summed E-state index contributed by atoms with van der Waals surface area (Å²) in [4.78, 5) is 0. The molecule has 2 heteroatoms. The standard InChI is InChI=1S/C12H21NO/c1-4-6-10(2)12(13-3)9-11-7-5-8-14-11/h5,7-8,10,12-13H,4,6,9H2,1-3H3. The van der Waals surface area contributed by atoms with Gasteiger partial charge in [-0.2, -0.15) is 0 Å². The van der Waals surface area contributed by atoms with Gasteiger partial charge in [0, 0.05) is 12.5 Å². The largest absolute Gasteiger partial charge is 0.469 e. The fraction of sp³-hybridized carbons (Fsp3) is 0.667. The van der Waals surface area contributed by atoms with Gasteiger partial charge in [-0.1, -0.05) is 20.3 Å². The summed E-state index contributed by atoms with van der Waals surface area (Å²) < 4.78 is 5.35. The zero-order chi connectivity index (χ0) is 10.4. The fourth-order valence-electron chi connectivity index (χ4n) is 1.89. The molecule has 0 bridgehead atoms. The Bertz CT molecular complexity index is 230. The van der Waals surface area contributed by atoms with Crippen LogP contribution >= 0.6 is 0 Å². The Morgan fingerprint density at radius 2 is 2.29 bits per heavy atom. The predicted molar refractivity (Wildman–Crippen MR) is 59.3 cm³/mol. The van der Waals surface area contributed by atoms with E-state index in [0.29, 0.717) is 12.0 Å². The highest BCUT2D eigenvalue weighted by Crippen LogP contribution is 2.15. The van der Waals surface area contributed by atoms with Gasteiger partial charge < -0.3 is 9.73 Å². The lowest BCUT2D eigenvalue weighted by Crippen LogP contribution is -2.34. The van der Waals surface area contributed by atoms with Crippen LogP contribution in [-0.2, 0) is 6.42 Å². The van der Waals surface area contributed by atoms with Crippen molar-refractivity contribution < 1.29 is 4.42 Å². The van der Waals surface area contributed by atoms with E-state index in [1.807, 2.05) is 19.2 Å². The summed E-state index contributed by atoms with van der Waals surface area (Å²) in [6.45, 7) is 4.53. The Hall–Kier alpha value is -0.760. The van der Waals surface area contributed by atoms with Crippen molar-refractivity contribution in [3.8, 4) is 0 Å². The quantitative estimate of drug-likeness (QED) is 0.755. The fourth-order valence-corrected chi connectivity index (χ4v) is 1.89. The van der Waals surface area contributed by atoms with Gasteiger partial charge in [0.2, 0.25) is 0 Å². The van der Waals surface area contributed by atoms with Crippen molar-refractivity contribution in [1.29, 1.82) is 0 Å². The highest BCUT2D eigenvalue weighted by Gasteiger charge is 2.15. The van der Waals surface area contributed by atoms with Crippen LogP contribution in [0.4, 0.5) is 0 Å². The van der Waals surface area contributed by atoms with E-state index < -0.39 is 0 Å². The second-order valence-corrected chi connectivity index (χ2v) is 3.94. The van der Waals surface area contributed by atoms with Crippen LogP contribution < -0.4 is 5.32 Å². The third-order valence-electron chi connectivity index (χ3n) is 2.80. The van der Waals surface area contributed by atoms with Crippen molar-refractivity contribution in [2.24, 2.45) is 5.92 Å². The molecule has 0 aliphatic rings. The van der Waals surface area contributed by atoms with E-state index in [4.69, 9.17) is 4.42 Å². The highest BCUT2D eigenvalue weighted by molar-refractivity contribution is 5.01. The van der Waals surface area contributed by atoms with E-state index in [1.165, 1.54) is 12.8 Å². The van der Waals surface area contributed by atoms with Gasteiger partial charge in [-0.3, -0.25) is 0 Å². The summed E-state index contributed by atoms with van der Waals surface area (Å²) in [5.41, 5.74) is 0. The zero-order valence-corrected chi connectivity index (χ0v) is 9.42. The van der Waals surface area contributed by atoms with Gasteiger partial charge in [-0.05, 0) is 31.5 Å². The molecule has 0 saturated carbocycles. The van der Waals surface area contributed by atoms with Crippen molar-refractivity contribution in [2.75, 3.05) is 7.05 Å². The monoisotopic (exact) mass is 195 g/mol. The minimum atomic E-state index is 0.529. The molecule has 2 unspecified atom stereocenters. The minimum Gasteiger partial charge on any atom is -0.469 e. The third-order valence-corrected chi connectivity index (χ3v) is 2.80. The zero-order valence-electron chi connectivity index (χ0n) is 9.42. The van der Waals surface area contributed by atoms with Gasteiger partial charge in [0.1, 0.15) is 5.76 Å². The molecule has 0 spiro atoms. The molecule has 0 saturated heterocycles. The molecule has 1 rings (SSSR count). The molecule has 0 fully saturated rings. The maximum absolute atomic E-state index is 5.35. The molecular weight excluding hydrogens is 174 g/mol. The first-order valence-electron chi connectivity index (χ1n) is 5.47. The van der Waals surface area contributed by atoms with Crippen molar-refractivity contribution in [2.45, 2.75) is 39.2 Å². The molecular formula is C12H21NO. The molecule has 0 aliphatic heterocycles. The molecule has 1 aromatic heterocycles. The molecule has 1 heterocycles. The van der Waals surface area contributed by atoms with E-state index in [0.717, 1.165) is 12.2 Å². The summed E-state index contributed by atoms with van der Waals surface area (Å²) in [6.07, 6.45) is 5.25. The van der Waals surface area contributed by atoms with E-state index in [9.17, 15) is 0 Å². The average Bonchev–Trinajstić information content (AvgIpc) is 2.66. The Balaban J connectivity index is 2.46. The number of furan rings is 1. The second-order valence-electron chi connectivity index (χ2n) is 3.94. The van der Waals surface area contributed by atoms with Gasteiger partial charge in [0.15, 0.2) is 0 Å². The summed E-state index contributed by atoms with van der Waals surface area (Å²) in [7, 11) is 2.03. The van der Waals surface area contributed by atoms with Crippen LogP contribution in [0.5, 0.6) is 0 Å². The summed E-state index contributed by atoms with van der Waals surface area (Å²) >= 11 is 0. The SMILES string of the molecule is CCCC(C)C(Cc1ccco1)NC. The van der Waals surface area contributed by atoms with Crippen molar-refractivity contribution in [1.82, 2.24) is 5.32 Å². The van der Waals surface area contributed by atoms with Crippen molar-refractivity contribution in [3.63, 3.8) is 0 Å². The maximum atomic E-state index is 5.35. The Morgan fingerprint density at radius 3 is 2.79 bits per heavy atom. The third kappa shape index (κ3) is 3.18. The van der Waals surface area contributed by atoms with Crippen LogP contribution in [-0.4, -0.2) is 13.1 Å². The average molecular weight is 195 g/mol. The smallest absolute Gasteiger partial charge is 0.105 e. The molecule has 80 valence electrons. The lowest BCUT2D eigenvalue weighted by molar-refractivity contribution is 0.349. The molecule has 2 atom stereocenters. The lowest BCUT2D eigenvalue weighted by atomic mass is 9.94. The number of nitrogens with one attached hydrogen (secondary N) is 1. The first-order chi connectivity index (χ1) is 6.77. The van der Waals surface area contributed by atoms with Gasteiger partial charge in [-0.25, -0.2) is 0 Å². The van der Waals surface area contributed by atoms with Crippen molar-refractivity contribution in [3.05, 3.63) is 24.2 Å². The number of hydrogen-bond donors (Lipinski definition) is 1. The predicted octanol–water partition coefficient (Wildman–Crippen LogP) is 2.85. The van der Waals surface area contributed by atoms with Gasteiger partial charge in [-0.15, -0.1) is 0 Å². The molecule has 0 radical (unpaired) electrons. The maximum Gasteiger partial charge on any atom is 0.105 e. The van der Waals surface area contributed by atoms with Gasteiger partial charge >= 0.3 is 0 Å². The van der Waals surface area contributed by atoms with Crippen LogP contribution in [0, 0.1) is 5.92 Å². The van der Waals surface area contributed by atoms with E-state index >= 15 is 0 Å². The number of hydrogen-bond acceptors (Lipinski definition) is 2. The first-order valence-corrected chi connectivity index (χ1v) is 5.47. The molecule has 1 aromatic rings. The molecule has 0 aromatic carbocycles. The van der Waals surface area contributed by atoms with Crippen LogP contribution in [0.15, 0.2) is 22.8 Å². The first kappa shape index (κ1) is 11.3. The topological polar surface area (TPSA) is 25.2 Å². The molecule has 14 heavy (non-hydrogen) atoms. The van der Waals surface area contributed by atoms with Crippen molar-refractivity contribution >= 4 is 0 Å². The van der Waals surface area contributed by atoms with Crippen LogP contribution in [0.2, 0.25) is 0 Å². The Morgan fingerprint density at radius 1 is 1.50 bits per heavy atom. The minimum absolute atomic E-state index is 0.529. The highest BCUT2D eigenvalue weighted by atomic mass is 16.3. The summed E-state index contributed by atoms with van der Waals surface area (Å²) in [6, 6.07) is 4.52. The lowest BCUT2D eigenvalue weighted by Gasteiger charge is -2.22. The number of rotatable bonds is 6. The van der Waals surface area contributed by atoms with E-state index in [1.54, 1.807) is 6.26 Å². The van der Waals surface area contributed by atoms with E-state index in [-0.39, 0.29) is 0 Å². The molecule has 0 aliphatic carbocycles. The van der Waals surface area contributed by atoms with Crippen LogP contribution in [0.25, 0.3) is 0 Å². The van der Waals surface area contributed by atoms with Crippen LogP contribution in [0.3, 0.4) is 0 Å². The molecule has 2 nitrogen and oxygen atoms in total. The summed E-state index contributed by atoms with van der Waals surface area (Å²) in [5, 5.41) is 3.36. The number of likely N-dealkylation sites (N-methyl/N-ethyl adjacent to an activating group) is 1. The molecule has 0 amide bonds. The van der Waals surface area contributed by atoms with Gasteiger partial charge in [0.25, 0.3) is 0 Å².